The van der Waals surface area contributed by atoms with Gasteiger partial charge in [0, 0.05) is 27.2 Å². The second-order valence-corrected chi connectivity index (χ2v) is 5.79. The fourth-order valence-corrected chi connectivity index (χ4v) is 2.25. The van der Waals surface area contributed by atoms with Crippen molar-refractivity contribution in [1.29, 1.82) is 0 Å². The summed E-state index contributed by atoms with van der Waals surface area (Å²) >= 11 is 11.9. The Labute approximate surface area is 147 Å². The predicted molar refractivity (Wildman–Crippen MR) is 97.4 cm³/mol. The number of nitrogens with one attached hydrogen (secondary N) is 1. The van der Waals surface area contributed by atoms with Crippen LogP contribution in [0.4, 0.5) is 0 Å². The fraction of sp³-hybridized carbons (Fsp3) is 0.500. The van der Waals surface area contributed by atoms with E-state index in [0.29, 0.717) is 10.0 Å². The van der Waals surface area contributed by atoms with Crippen molar-refractivity contribution >= 4 is 53.1 Å². The Morgan fingerprint density at radius 3 is 2.60 bits per heavy atom. The van der Waals surface area contributed by atoms with Crippen LogP contribution in [0.25, 0.3) is 0 Å². The first-order valence-electron chi connectivity index (χ1n) is 6.46. The van der Waals surface area contributed by atoms with E-state index in [1.165, 1.54) is 12.8 Å². The maximum atomic E-state index is 6.03. The van der Waals surface area contributed by atoms with E-state index >= 15 is 0 Å². The molecule has 112 valence electrons. The summed E-state index contributed by atoms with van der Waals surface area (Å²) in [5.41, 5.74) is 1.12. The molecule has 0 saturated heterocycles. The first kappa shape index (κ1) is 17.9. The van der Waals surface area contributed by atoms with Crippen molar-refractivity contribution in [3.05, 3.63) is 33.8 Å². The molecule has 1 aromatic rings. The number of benzene rings is 1. The summed E-state index contributed by atoms with van der Waals surface area (Å²) in [5, 5.41) is 4.57. The molecule has 1 N–H and O–H groups in total. The zero-order chi connectivity index (χ0) is 13.8. The lowest BCUT2D eigenvalue weighted by molar-refractivity contribution is 0.474. The maximum Gasteiger partial charge on any atom is 0.193 e. The molecule has 0 aliphatic heterocycles. The largest absolute Gasteiger partial charge is 0.356 e. The highest BCUT2D eigenvalue weighted by Crippen LogP contribution is 2.27. The third-order valence-corrected chi connectivity index (χ3v) is 3.96. The minimum Gasteiger partial charge on any atom is -0.356 e. The van der Waals surface area contributed by atoms with Crippen molar-refractivity contribution in [2.45, 2.75) is 19.4 Å². The highest BCUT2D eigenvalue weighted by Gasteiger charge is 2.21. The van der Waals surface area contributed by atoms with E-state index in [4.69, 9.17) is 23.2 Å². The molecule has 2 rings (SSSR count). The molecule has 1 aliphatic rings. The monoisotopic (exact) mass is 427 g/mol. The summed E-state index contributed by atoms with van der Waals surface area (Å²) in [6.07, 6.45) is 2.67. The van der Waals surface area contributed by atoms with Gasteiger partial charge in [0.15, 0.2) is 5.96 Å². The van der Waals surface area contributed by atoms with Crippen LogP contribution in [-0.2, 0) is 6.54 Å². The van der Waals surface area contributed by atoms with Gasteiger partial charge in [0.2, 0.25) is 0 Å². The van der Waals surface area contributed by atoms with Gasteiger partial charge in [-0.3, -0.25) is 4.99 Å². The highest BCUT2D eigenvalue weighted by molar-refractivity contribution is 14.0. The van der Waals surface area contributed by atoms with Crippen LogP contribution in [0, 0.1) is 5.92 Å². The minimum absolute atomic E-state index is 0. The Kier molecular flexibility index (Phi) is 7.40. The Morgan fingerprint density at radius 2 is 2.05 bits per heavy atom. The molecule has 0 spiro atoms. The molecule has 0 radical (unpaired) electrons. The summed E-state index contributed by atoms with van der Waals surface area (Å²) in [6.45, 7) is 1.76. The average Bonchev–Trinajstić information content (AvgIpc) is 3.19. The summed E-state index contributed by atoms with van der Waals surface area (Å²) in [4.78, 5) is 6.38. The van der Waals surface area contributed by atoms with Crippen LogP contribution >= 0.6 is 47.2 Å². The molecule has 1 aliphatic carbocycles. The van der Waals surface area contributed by atoms with Crippen LogP contribution in [0.3, 0.4) is 0 Å². The zero-order valence-corrected chi connectivity index (χ0v) is 15.5. The van der Waals surface area contributed by atoms with Gasteiger partial charge in [-0.1, -0.05) is 29.3 Å². The Balaban J connectivity index is 0.00000200. The number of hydrogen-bond acceptors (Lipinski definition) is 1. The number of hydrogen-bond donors (Lipinski definition) is 1. The number of aliphatic imine (C=N–C) groups is 1. The first-order valence-corrected chi connectivity index (χ1v) is 7.21. The van der Waals surface area contributed by atoms with Crippen LogP contribution < -0.4 is 5.32 Å². The average molecular weight is 428 g/mol. The fourth-order valence-electron chi connectivity index (χ4n) is 1.93. The van der Waals surface area contributed by atoms with Gasteiger partial charge in [-0.2, -0.15) is 0 Å². The minimum atomic E-state index is 0. The molecule has 1 aromatic carbocycles. The van der Waals surface area contributed by atoms with Gasteiger partial charge in [-0.05, 0) is 36.5 Å². The quantitative estimate of drug-likeness (QED) is 0.446. The standard InChI is InChI=1S/C14H19Cl2N3.HI/c1-17-14(18-8-10-3-4-10)19(2)9-11-5-6-12(15)13(16)7-11;/h5-7,10H,3-4,8-9H2,1-2H3,(H,17,18);1H. The SMILES string of the molecule is CN=C(NCC1CC1)N(C)Cc1ccc(Cl)c(Cl)c1.I. The molecule has 3 nitrogen and oxygen atoms in total. The second-order valence-electron chi connectivity index (χ2n) is 4.98. The molecule has 0 heterocycles. The zero-order valence-electron chi connectivity index (χ0n) is 11.7. The Bertz CT molecular complexity index is 475. The second kappa shape index (κ2) is 8.29. The van der Waals surface area contributed by atoms with E-state index in [1.54, 1.807) is 7.05 Å². The number of halogens is 3. The van der Waals surface area contributed by atoms with E-state index in [9.17, 15) is 0 Å². The van der Waals surface area contributed by atoms with E-state index in [2.05, 4.69) is 15.2 Å². The Hall–Kier alpha value is -0.200. The van der Waals surface area contributed by atoms with Gasteiger partial charge in [-0.15, -0.1) is 24.0 Å². The smallest absolute Gasteiger partial charge is 0.193 e. The summed E-state index contributed by atoms with van der Waals surface area (Å²) < 4.78 is 0. The van der Waals surface area contributed by atoms with Crippen LogP contribution in [0.1, 0.15) is 18.4 Å². The maximum absolute atomic E-state index is 6.03. The first-order chi connectivity index (χ1) is 9.10. The lowest BCUT2D eigenvalue weighted by Gasteiger charge is -2.22. The highest BCUT2D eigenvalue weighted by atomic mass is 127. The predicted octanol–water partition coefficient (Wildman–Crippen LogP) is 4.03. The van der Waals surface area contributed by atoms with Crippen LogP contribution in [0.2, 0.25) is 10.0 Å². The molecule has 0 atom stereocenters. The normalized spacial score (nSPS) is 14.7. The molecular formula is C14H20Cl2IN3. The van der Waals surface area contributed by atoms with Gasteiger partial charge >= 0.3 is 0 Å². The van der Waals surface area contributed by atoms with E-state index in [1.807, 2.05) is 25.2 Å². The molecule has 1 saturated carbocycles. The molecular weight excluding hydrogens is 408 g/mol. The lowest BCUT2D eigenvalue weighted by atomic mass is 10.2. The molecule has 6 heteroatoms. The molecule has 1 fully saturated rings. The molecule has 20 heavy (non-hydrogen) atoms. The topological polar surface area (TPSA) is 27.6 Å². The van der Waals surface area contributed by atoms with Crippen molar-refractivity contribution in [2.75, 3.05) is 20.6 Å². The van der Waals surface area contributed by atoms with Gasteiger partial charge in [0.1, 0.15) is 0 Å². The van der Waals surface area contributed by atoms with Crippen molar-refractivity contribution in [2.24, 2.45) is 10.9 Å². The van der Waals surface area contributed by atoms with Gasteiger partial charge in [0.05, 0.1) is 10.0 Å². The van der Waals surface area contributed by atoms with Crippen LogP contribution in [0.5, 0.6) is 0 Å². The van der Waals surface area contributed by atoms with Crippen molar-refractivity contribution < 1.29 is 0 Å². The number of guanidine groups is 1. The van der Waals surface area contributed by atoms with Gasteiger partial charge in [0.25, 0.3) is 0 Å². The summed E-state index contributed by atoms with van der Waals surface area (Å²) in [5.74, 6) is 1.74. The Morgan fingerprint density at radius 1 is 1.35 bits per heavy atom. The van der Waals surface area contributed by atoms with Gasteiger partial charge in [-0.25, -0.2) is 0 Å². The third kappa shape index (κ3) is 5.30. The number of nitrogens with zero attached hydrogens (tertiary/aromatic N) is 2. The van der Waals surface area contributed by atoms with Crippen molar-refractivity contribution in [3.8, 4) is 0 Å². The van der Waals surface area contributed by atoms with Crippen molar-refractivity contribution in [1.82, 2.24) is 10.2 Å². The third-order valence-electron chi connectivity index (χ3n) is 3.22. The summed E-state index contributed by atoms with van der Waals surface area (Å²) in [6, 6.07) is 5.71. The van der Waals surface area contributed by atoms with E-state index in [-0.39, 0.29) is 24.0 Å². The van der Waals surface area contributed by atoms with Crippen LogP contribution in [-0.4, -0.2) is 31.5 Å². The molecule has 0 bridgehead atoms. The van der Waals surface area contributed by atoms with Crippen LogP contribution in [0.15, 0.2) is 23.2 Å². The molecule has 0 aromatic heterocycles. The van der Waals surface area contributed by atoms with Gasteiger partial charge < -0.3 is 10.2 Å². The number of rotatable bonds is 4. The lowest BCUT2D eigenvalue weighted by Crippen LogP contribution is -2.39. The van der Waals surface area contributed by atoms with E-state index in [0.717, 1.165) is 30.5 Å². The van der Waals surface area contributed by atoms with E-state index < -0.39 is 0 Å². The molecule has 0 amide bonds. The van der Waals surface area contributed by atoms with Crippen molar-refractivity contribution in [3.63, 3.8) is 0 Å². The summed E-state index contributed by atoms with van der Waals surface area (Å²) in [7, 11) is 3.82. The molecule has 0 unspecified atom stereocenters.